The van der Waals surface area contributed by atoms with Gasteiger partial charge in [0.25, 0.3) is 0 Å². The molecule has 7 heteroatoms. The van der Waals surface area contributed by atoms with Gasteiger partial charge in [-0.15, -0.1) is 0 Å². The van der Waals surface area contributed by atoms with Crippen LogP contribution in [0.3, 0.4) is 0 Å². The Morgan fingerprint density at radius 3 is 2.69 bits per heavy atom. The molecule has 2 N–H and O–H groups in total. The number of ether oxygens (including phenoxy) is 1. The van der Waals surface area contributed by atoms with Gasteiger partial charge in [0.1, 0.15) is 11.9 Å². The molecule has 0 aliphatic carbocycles. The van der Waals surface area contributed by atoms with E-state index in [1.54, 1.807) is 25.2 Å². The Labute approximate surface area is 172 Å². The molecular formula is C22H30FN5O. The molecule has 1 saturated heterocycles. The summed E-state index contributed by atoms with van der Waals surface area (Å²) in [6.07, 6.45) is 1.83. The van der Waals surface area contributed by atoms with Gasteiger partial charge in [0.05, 0.1) is 6.54 Å². The van der Waals surface area contributed by atoms with Gasteiger partial charge >= 0.3 is 0 Å². The molecule has 0 bridgehead atoms. The lowest BCUT2D eigenvalue weighted by Crippen LogP contribution is -2.50. The summed E-state index contributed by atoms with van der Waals surface area (Å²) in [7, 11) is 1.75. The lowest BCUT2D eigenvalue weighted by Gasteiger charge is -2.34. The predicted molar refractivity (Wildman–Crippen MR) is 115 cm³/mol. The monoisotopic (exact) mass is 399 g/mol. The fourth-order valence-electron chi connectivity index (χ4n) is 3.38. The number of aliphatic imine (C=N–C) groups is 1. The molecule has 0 radical (unpaired) electrons. The fraction of sp³-hybridized carbons (Fsp3) is 0.455. The number of rotatable bonds is 6. The molecule has 1 aromatic carbocycles. The number of benzene rings is 1. The van der Waals surface area contributed by atoms with Gasteiger partial charge in [-0.25, -0.2) is 9.37 Å². The third-order valence-corrected chi connectivity index (χ3v) is 4.98. The van der Waals surface area contributed by atoms with Crippen LogP contribution in [0.4, 0.5) is 10.2 Å². The number of aromatic nitrogens is 1. The maximum Gasteiger partial charge on any atom is 0.191 e. The number of nitrogens with zero attached hydrogens (tertiary/aromatic N) is 3. The van der Waals surface area contributed by atoms with Crippen molar-refractivity contribution in [2.45, 2.75) is 38.8 Å². The summed E-state index contributed by atoms with van der Waals surface area (Å²) in [5.74, 6) is 1.70. The smallest absolute Gasteiger partial charge is 0.191 e. The van der Waals surface area contributed by atoms with Crippen molar-refractivity contribution in [1.82, 2.24) is 15.6 Å². The topological polar surface area (TPSA) is 61.8 Å². The Bertz CT molecular complexity index is 820. The van der Waals surface area contributed by atoms with Gasteiger partial charge in [0, 0.05) is 31.9 Å². The van der Waals surface area contributed by atoms with Crippen molar-refractivity contribution >= 4 is 11.8 Å². The predicted octanol–water partition coefficient (Wildman–Crippen LogP) is 3.13. The van der Waals surface area contributed by atoms with Gasteiger partial charge in [0.2, 0.25) is 0 Å². The van der Waals surface area contributed by atoms with E-state index in [2.05, 4.69) is 37.6 Å². The molecular weight excluding hydrogens is 369 g/mol. The van der Waals surface area contributed by atoms with E-state index in [1.165, 1.54) is 6.07 Å². The van der Waals surface area contributed by atoms with Crippen molar-refractivity contribution in [3.05, 3.63) is 54.0 Å². The van der Waals surface area contributed by atoms with Crippen LogP contribution in [0.1, 0.15) is 25.5 Å². The molecule has 1 aliphatic rings. The van der Waals surface area contributed by atoms with Crippen molar-refractivity contribution in [3.8, 4) is 5.75 Å². The highest BCUT2D eigenvalue weighted by Gasteiger charge is 2.21. The molecule has 6 nitrogen and oxygen atoms in total. The molecule has 0 saturated carbocycles. The Balaban J connectivity index is 1.43. The molecule has 0 amide bonds. The first kappa shape index (κ1) is 20.9. The second-order valence-electron chi connectivity index (χ2n) is 7.35. The molecule has 3 rings (SSSR count). The second-order valence-corrected chi connectivity index (χ2v) is 7.35. The third kappa shape index (κ3) is 6.07. The van der Waals surface area contributed by atoms with Crippen LogP contribution in [0.25, 0.3) is 0 Å². The first-order valence-electron chi connectivity index (χ1n) is 10.1. The quantitative estimate of drug-likeness (QED) is 0.577. The van der Waals surface area contributed by atoms with Crippen LogP contribution in [0.5, 0.6) is 5.75 Å². The number of hydrogen-bond donors (Lipinski definition) is 2. The molecule has 1 atom stereocenters. The van der Waals surface area contributed by atoms with Gasteiger partial charge in [0.15, 0.2) is 17.5 Å². The lowest BCUT2D eigenvalue weighted by molar-refractivity contribution is 0.214. The number of guanidine groups is 1. The van der Waals surface area contributed by atoms with Crippen LogP contribution >= 0.6 is 0 Å². The van der Waals surface area contributed by atoms with Gasteiger partial charge in [-0.05, 0) is 51.0 Å². The summed E-state index contributed by atoms with van der Waals surface area (Å²) in [5, 5.41) is 6.75. The largest absolute Gasteiger partial charge is 0.486 e. The van der Waals surface area contributed by atoms with Crippen LogP contribution in [-0.2, 0) is 0 Å². The normalized spacial score (nSPS) is 16.4. The Morgan fingerprint density at radius 1 is 1.24 bits per heavy atom. The Kier molecular flexibility index (Phi) is 7.27. The van der Waals surface area contributed by atoms with Crippen LogP contribution in [-0.4, -0.2) is 49.8 Å². The number of hydrogen-bond acceptors (Lipinski definition) is 4. The van der Waals surface area contributed by atoms with E-state index in [0.717, 1.165) is 43.4 Å². The minimum Gasteiger partial charge on any atom is -0.486 e. The number of pyridine rings is 1. The highest BCUT2D eigenvalue weighted by Crippen LogP contribution is 2.18. The molecule has 156 valence electrons. The summed E-state index contributed by atoms with van der Waals surface area (Å²) >= 11 is 0. The average Bonchev–Trinajstić information content (AvgIpc) is 2.73. The van der Waals surface area contributed by atoms with Crippen molar-refractivity contribution in [3.63, 3.8) is 0 Å². The van der Waals surface area contributed by atoms with E-state index >= 15 is 0 Å². The highest BCUT2D eigenvalue weighted by molar-refractivity contribution is 5.80. The summed E-state index contributed by atoms with van der Waals surface area (Å²) in [6.45, 7) is 6.36. The van der Waals surface area contributed by atoms with E-state index in [9.17, 15) is 4.39 Å². The summed E-state index contributed by atoms with van der Waals surface area (Å²) in [5.41, 5.74) is 1.04. The number of anilines is 1. The Hall–Kier alpha value is -2.83. The van der Waals surface area contributed by atoms with Crippen molar-refractivity contribution < 1.29 is 9.13 Å². The minimum atomic E-state index is -0.350. The molecule has 1 aromatic heterocycles. The maximum atomic E-state index is 13.7. The van der Waals surface area contributed by atoms with Gasteiger partial charge in [-0.3, -0.25) is 4.99 Å². The van der Waals surface area contributed by atoms with E-state index < -0.39 is 0 Å². The molecule has 1 unspecified atom stereocenters. The zero-order valence-electron chi connectivity index (χ0n) is 17.4. The van der Waals surface area contributed by atoms with E-state index in [0.29, 0.717) is 12.6 Å². The summed E-state index contributed by atoms with van der Waals surface area (Å²) in [6, 6.07) is 12.9. The Morgan fingerprint density at radius 2 is 2.00 bits per heavy atom. The summed E-state index contributed by atoms with van der Waals surface area (Å²) in [4.78, 5) is 11.2. The van der Waals surface area contributed by atoms with Gasteiger partial charge < -0.3 is 20.3 Å². The SMILES string of the molecule is CN=C(NCC(C)Oc1ccccc1F)NC1CCN(c2cccc(C)n2)CC1. The standard InChI is InChI=1S/C22H30FN5O/c1-16-7-6-10-21(26-16)28-13-11-18(12-14-28)27-22(24-3)25-15-17(2)29-20-9-5-4-8-19(20)23/h4-10,17-18H,11-15H2,1-3H3,(H2,24,25,27). The van der Waals surface area contributed by atoms with Crippen molar-refractivity contribution in [2.75, 3.05) is 31.6 Å². The number of para-hydroxylation sites is 1. The minimum absolute atomic E-state index is 0.195. The van der Waals surface area contributed by atoms with E-state index in [-0.39, 0.29) is 17.7 Å². The zero-order valence-corrected chi connectivity index (χ0v) is 17.4. The summed E-state index contributed by atoms with van der Waals surface area (Å²) < 4.78 is 19.4. The lowest BCUT2D eigenvalue weighted by atomic mass is 10.1. The number of nitrogens with one attached hydrogen (secondary N) is 2. The molecule has 29 heavy (non-hydrogen) atoms. The zero-order chi connectivity index (χ0) is 20.6. The first-order valence-corrected chi connectivity index (χ1v) is 10.1. The van der Waals surface area contributed by atoms with Crippen LogP contribution in [0, 0.1) is 12.7 Å². The molecule has 0 spiro atoms. The molecule has 2 aromatic rings. The molecule has 2 heterocycles. The van der Waals surface area contributed by atoms with E-state index in [4.69, 9.17) is 4.74 Å². The second kappa shape index (κ2) is 10.1. The molecule has 1 fully saturated rings. The number of piperidine rings is 1. The fourth-order valence-corrected chi connectivity index (χ4v) is 3.38. The average molecular weight is 400 g/mol. The molecule has 1 aliphatic heterocycles. The van der Waals surface area contributed by atoms with Crippen molar-refractivity contribution in [1.29, 1.82) is 0 Å². The van der Waals surface area contributed by atoms with Crippen LogP contribution < -0.4 is 20.3 Å². The van der Waals surface area contributed by atoms with Gasteiger partial charge in [-0.1, -0.05) is 18.2 Å². The van der Waals surface area contributed by atoms with Crippen LogP contribution in [0.15, 0.2) is 47.5 Å². The maximum absolute atomic E-state index is 13.7. The van der Waals surface area contributed by atoms with E-state index in [1.807, 2.05) is 19.9 Å². The highest BCUT2D eigenvalue weighted by atomic mass is 19.1. The van der Waals surface area contributed by atoms with Gasteiger partial charge in [-0.2, -0.15) is 0 Å². The number of aryl methyl sites for hydroxylation is 1. The number of halogens is 1. The van der Waals surface area contributed by atoms with Crippen LogP contribution in [0.2, 0.25) is 0 Å². The first-order chi connectivity index (χ1) is 14.0. The third-order valence-electron chi connectivity index (χ3n) is 4.98. The van der Waals surface area contributed by atoms with Crippen molar-refractivity contribution in [2.24, 2.45) is 4.99 Å².